The number of ether oxygens (including phenoxy) is 2. The number of hydrogen-bond donors (Lipinski definition) is 1. The van der Waals surface area contributed by atoms with E-state index in [-0.39, 0.29) is 0 Å². The molecule has 2 aromatic rings. The minimum Gasteiger partial charge on any atom is -0.493 e. The number of benzene rings is 1. The Balaban J connectivity index is 2.49. The molecule has 5 nitrogen and oxygen atoms in total. The van der Waals surface area contributed by atoms with Gasteiger partial charge in [-0.15, -0.1) is 0 Å². The Morgan fingerprint density at radius 2 is 1.86 bits per heavy atom. The van der Waals surface area contributed by atoms with Crippen molar-refractivity contribution in [3.8, 4) is 22.8 Å². The lowest BCUT2D eigenvalue weighted by Crippen LogP contribution is -2.06. The van der Waals surface area contributed by atoms with E-state index in [1.54, 1.807) is 20.5 Å². The molecule has 0 fully saturated rings. The maximum Gasteiger partial charge on any atom is 0.161 e. The van der Waals surface area contributed by atoms with Crippen molar-refractivity contribution in [2.75, 3.05) is 20.0 Å². The minimum atomic E-state index is 0.503. The molecule has 0 amide bonds. The smallest absolute Gasteiger partial charge is 0.161 e. The van der Waals surface area contributed by atoms with Crippen molar-refractivity contribution in [2.45, 2.75) is 20.4 Å². The molecule has 0 saturated carbocycles. The molecular weight excluding hydrogens is 334 g/mol. The summed E-state index contributed by atoms with van der Waals surface area (Å²) in [7, 11) is 3.21. The number of anilines is 1. The molecule has 21 heavy (non-hydrogen) atoms. The second-order valence-corrected chi connectivity index (χ2v) is 6.07. The number of halogens is 1. The summed E-state index contributed by atoms with van der Waals surface area (Å²) in [6.45, 7) is 5.13. The summed E-state index contributed by atoms with van der Waals surface area (Å²) in [4.78, 5) is 4.44. The van der Waals surface area contributed by atoms with Crippen molar-refractivity contribution in [1.82, 2.24) is 9.55 Å². The van der Waals surface area contributed by atoms with Gasteiger partial charge in [0.2, 0.25) is 0 Å². The van der Waals surface area contributed by atoms with Gasteiger partial charge in [-0.2, -0.15) is 0 Å². The number of methoxy groups -OCH3 is 2. The maximum atomic E-state index is 6.22. The number of imidazole rings is 1. The first kappa shape index (κ1) is 15.7. The van der Waals surface area contributed by atoms with Crippen LogP contribution in [0.4, 0.5) is 5.82 Å². The Hall–Kier alpha value is -1.69. The van der Waals surface area contributed by atoms with Gasteiger partial charge in [0, 0.05) is 16.6 Å². The molecule has 2 rings (SSSR count). The van der Waals surface area contributed by atoms with Crippen LogP contribution in [0.1, 0.15) is 13.8 Å². The summed E-state index contributed by atoms with van der Waals surface area (Å²) >= 11 is 3.54. The van der Waals surface area contributed by atoms with E-state index in [1.165, 1.54) is 0 Å². The summed E-state index contributed by atoms with van der Waals surface area (Å²) in [6.07, 6.45) is 1.77. The molecule has 0 saturated heterocycles. The summed E-state index contributed by atoms with van der Waals surface area (Å²) in [5, 5.41) is 0. The van der Waals surface area contributed by atoms with Crippen molar-refractivity contribution < 1.29 is 9.47 Å². The van der Waals surface area contributed by atoms with Crippen molar-refractivity contribution in [3.05, 3.63) is 22.9 Å². The van der Waals surface area contributed by atoms with Crippen molar-refractivity contribution in [2.24, 2.45) is 5.92 Å². The third-order valence-corrected chi connectivity index (χ3v) is 3.82. The molecule has 1 aromatic carbocycles. The SMILES string of the molecule is COc1cc(Br)c(-c2ncn(CC(C)C)c2N)cc1OC. The van der Waals surface area contributed by atoms with Gasteiger partial charge in [0.25, 0.3) is 0 Å². The van der Waals surface area contributed by atoms with Crippen LogP contribution in [-0.2, 0) is 6.54 Å². The highest BCUT2D eigenvalue weighted by molar-refractivity contribution is 9.10. The molecule has 0 bridgehead atoms. The van der Waals surface area contributed by atoms with Crippen LogP contribution >= 0.6 is 15.9 Å². The lowest BCUT2D eigenvalue weighted by molar-refractivity contribution is 0.355. The second-order valence-electron chi connectivity index (χ2n) is 5.21. The predicted octanol–water partition coefficient (Wildman–Crippen LogP) is 3.57. The summed E-state index contributed by atoms with van der Waals surface area (Å²) < 4.78 is 13.5. The van der Waals surface area contributed by atoms with Crippen LogP contribution in [0.3, 0.4) is 0 Å². The fourth-order valence-corrected chi connectivity index (χ4v) is 2.68. The van der Waals surface area contributed by atoms with Gasteiger partial charge in [-0.3, -0.25) is 0 Å². The molecule has 0 aliphatic rings. The van der Waals surface area contributed by atoms with Crippen LogP contribution in [0.25, 0.3) is 11.3 Å². The van der Waals surface area contributed by atoms with Crippen LogP contribution in [0.5, 0.6) is 11.5 Å². The fraction of sp³-hybridized carbons (Fsp3) is 0.400. The second kappa shape index (κ2) is 6.39. The van der Waals surface area contributed by atoms with Crippen LogP contribution in [0.15, 0.2) is 22.9 Å². The first-order valence-electron chi connectivity index (χ1n) is 6.70. The van der Waals surface area contributed by atoms with Crippen LogP contribution < -0.4 is 15.2 Å². The van der Waals surface area contributed by atoms with Gasteiger partial charge in [-0.05, 0) is 34.0 Å². The highest BCUT2D eigenvalue weighted by atomic mass is 79.9. The molecule has 2 N–H and O–H groups in total. The molecule has 0 radical (unpaired) electrons. The number of rotatable bonds is 5. The maximum absolute atomic E-state index is 6.22. The van der Waals surface area contributed by atoms with E-state index in [0.29, 0.717) is 23.2 Å². The van der Waals surface area contributed by atoms with Gasteiger partial charge >= 0.3 is 0 Å². The Kier molecular flexibility index (Phi) is 4.77. The summed E-state index contributed by atoms with van der Waals surface area (Å²) in [5.41, 5.74) is 7.84. The number of aromatic nitrogens is 2. The Morgan fingerprint density at radius 1 is 1.24 bits per heavy atom. The topological polar surface area (TPSA) is 62.3 Å². The monoisotopic (exact) mass is 353 g/mol. The van der Waals surface area contributed by atoms with E-state index in [9.17, 15) is 0 Å². The quantitative estimate of drug-likeness (QED) is 0.892. The zero-order valence-electron chi connectivity index (χ0n) is 12.7. The molecule has 0 aliphatic carbocycles. The van der Waals surface area contributed by atoms with Gasteiger partial charge < -0.3 is 19.8 Å². The molecule has 0 aliphatic heterocycles. The van der Waals surface area contributed by atoms with Crippen molar-refractivity contribution >= 4 is 21.7 Å². The first-order valence-corrected chi connectivity index (χ1v) is 7.49. The van der Waals surface area contributed by atoms with E-state index in [4.69, 9.17) is 15.2 Å². The number of nitrogens with zero attached hydrogens (tertiary/aromatic N) is 2. The van der Waals surface area contributed by atoms with E-state index in [1.807, 2.05) is 16.7 Å². The van der Waals surface area contributed by atoms with Crippen LogP contribution in [0, 0.1) is 5.92 Å². The largest absolute Gasteiger partial charge is 0.493 e. The van der Waals surface area contributed by atoms with Gasteiger partial charge in [0.05, 0.1) is 20.5 Å². The lowest BCUT2D eigenvalue weighted by atomic mass is 10.1. The van der Waals surface area contributed by atoms with Crippen molar-refractivity contribution in [1.29, 1.82) is 0 Å². The molecule has 1 heterocycles. The van der Waals surface area contributed by atoms with E-state index in [0.717, 1.165) is 22.3 Å². The normalized spacial score (nSPS) is 11.0. The van der Waals surface area contributed by atoms with Gasteiger partial charge in [0.1, 0.15) is 11.5 Å². The molecule has 0 spiro atoms. The molecule has 0 unspecified atom stereocenters. The predicted molar refractivity (Wildman–Crippen MR) is 87.7 cm³/mol. The summed E-state index contributed by atoms with van der Waals surface area (Å²) in [6, 6.07) is 3.73. The fourth-order valence-electron chi connectivity index (χ4n) is 2.17. The zero-order chi connectivity index (χ0) is 15.6. The number of nitrogen functional groups attached to an aromatic ring is 1. The van der Waals surface area contributed by atoms with Gasteiger partial charge in [0.15, 0.2) is 11.5 Å². The van der Waals surface area contributed by atoms with Gasteiger partial charge in [-0.1, -0.05) is 13.8 Å². The van der Waals surface area contributed by atoms with Crippen LogP contribution in [-0.4, -0.2) is 23.8 Å². The third kappa shape index (κ3) is 3.15. The Morgan fingerprint density at radius 3 is 2.43 bits per heavy atom. The zero-order valence-corrected chi connectivity index (χ0v) is 14.3. The molecule has 6 heteroatoms. The highest BCUT2D eigenvalue weighted by Crippen LogP contribution is 2.39. The number of hydrogen-bond acceptors (Lipinski definition) is 4. The Labute approximate surface area is 133 Å². The third-order valence-electron chi connectivity index (χ3n) is 3.17. The van der Waals surface area contributed by atoms with E-state index >= 15 is 0 Å². The molecule has 1 aromatic heterocycles. The summed E-state index contributed by atoms with van der Waals surface area (Å²) in [5.74, 6) is 2.46. The standard InChI is InChI=1S/C15H20BrN3O2/c1-9(2)7-19-8-18-14(15(19)17)10-5-12(20-3)13(21-4)6-11(10)16/h5-6,8-9H,7,17H2,1-4H3. The van der Waals surface area contributed by atoms with Crippen LogP contribution in [0.2, 0.25) is 0 Å². The molecular formula is C15H20BrN3O2. The average molecular weight is 354 g/mol. The highest BCUT2D eigenvalue weighted by Gasteiger charge is 2.17. The molecule has 114 valence electrons. The van der Waals surface area contributed by atoms with Crippen molar-refractivity contribution in [3.63, 3.8) is 0 Å². The first-order chi connectivity index (χ1) is 9.97. The average Bonchev–Trinajstić information content (AvgIpc) is 2.79. The Bertz CT molecular complexity index is 638. The van der Waals surface area contributed by atoms with E-state index < -0.39 is 0 Å². The lowest BCUT2D eigenvalue weighted by Gasteiger charge is -2.12. The van der Waals surface area contributed by atoms with Gasteiger partial charge in [-0.25, -0.2) is 4.98 Å². The number of nitrogens with two attached hydrogens (primary N) is 1. The van der Waals surface area contributed by atoms with E-state index in [2.05, 4.69) is 34.8 Å². The minimum absolute atomic E-state index is 0.503. The molecule has 0 atom stereocenters.